The van der Waals surface area contributed by atoms with Crippen molar-refractivity contribution in [3.63, 3.8) is 0 Å². The van der Waals surface area contributed by atoms with Gasteiger partial charge in [0, 0.05) is 83.1 Å². The molecule has 3 aliphatic rings. The van der Waals surface area contributed by atoms with E-state index in [1.165, 1.54) is 81.8 Å². The first-order valence-corrected chi connectivity index (χ1v) is 18.4. The summed E-state index contributed by atoms with van der Waals surface area (Å²) in [7, 11) is 0. The monoisotopic (exact) mass is 621 g/mol. The fourth-order valence-electron chi connectivity index (χ4n) is 8.44. The van der Waals surface area contributed by atoms with Crippen molar-refractivity contribution in [1.29, 1.82) is 0 Å². The Morgan fingerprint density at radius 1 is 0.674 bits per heavy atom. The van der Waals surface area contributed by atoms with Crippen LogP contribution in [0, 0.1) is 5.92 Å². The molecule has 6 rings (SSSR count). The van der Waals surface area contributed by atoms with E-state index < -0.39 is 0 Å². The fraction of sp³-hybridized carbons (Fsp3) is 0.561. The highest BCUT2D eigenvalue weighted by molar-refractivity contribution is 5.18. The van der Waals surface area contributed by atoms with Crippen molar-refractivity contribution in [3.05, 3.63) is 108 Å². The Bertz CT molecular complexity index is 1270. The number of piperazine rings is 2. The molecule has 1 unspecified atom stereocenters. The molecule has 3 aromatic carbocycles. The lowest BCUT2D eigenvalue weighted by Crippen LogP contribution is -2.59. The highest BCUT2D eigenvalue weighted by atomic mass is 15.3. The summed E-state index contributed by atoms with van der Waals surface area (Å²) in [6.07, 6.45) is 7.40. The number of benzene rings is 3. The average Bonchev–Trinajstić information content (AvgIpc) is 3.52. The first-order chi connectivity index (χ1) is 22.6. The van der Waals surface area contributed by atoms with Crippen LogP contribution in [0.5, 0.6) is 0 Å². The molecule has 46 heavy (non-hydrogen) atoms. The Balaban J connectivity index is 1.11. The van der Waals surface area contributed by atoms with Gasteiger partial charge in [-0.1, -0.05) is 105 Å². The lowest BCUT2D eigenvalue weighted by molar-refractivity contribution is 0.0236. The SMILES string of the molecule is CC(C)C[C@@H](CN1CCCC1CN1CCNC[C@@H]1Cc1ccccc1)N1CCN(CCc2ccccc2)[C@@H](Cc2ccccc2)C1. The molecule has 0 saturated carbocycles. The summed E-state index contributed by atoms with van der Waals surface area (Å²) in [5.74, 6) is 0.707. The van der Waals surface area contributed by atoms with Gasteiger partial charge in [0.1, 0.15) is 0 Å². The Hall–Kier alpha value is -2.54. The standard InChI is InChI=1S/C41H59N5/c1-34(2)27-40(32-44-22-12-19-38(44)31-45-24-21-42-30-39(45)28-36-15-8-4-9-16-36)46-26-25-43(23-20-35-13-6-3-7-14-35)41(33-46)29-37-17-10-5-11-18-37/h3-11,13-18,34,38-42H,12,19-33H2,1-2H3/t38?,39-,40-,41-/m0/s1. The number of hydrogen-bond acceptors (Lipinski definition) is 5. The van der Waals surface area contributed by atoms with Crippen molar-refractivity contribution in [2.24, 2.45) is 5.92 Å². The first kappa shape index (κ1) is 33.4. The van der Waals surface area contributed by atoms with E-state index >= 15 is 0 Å². The third-order valence-corrected chi connectivity index (χ3v) is 10.9. The summed E-state index contributed by atoms with van der Waals surface area (Å²) in [4.78, 5) is 11.4. The van der Waals surface area contributed by atoms with E-state index in [9.17, 15) is 0 Å². The van der Waals surface area contributed by atoms with Crippen LogP contribution >= 0.6 is 0 Å². The minimum Gasteiger partial charge on any atom is -0.314 e. The predicted octanol–water partition coefficient (Wildman–Crippen LogP) is 5.85. The van der Waals surface area contributed by atoms with Gasteiger partial charge in [0.25, 0.3) is 0 Å². The van der Waals surface area contributed by atoms with Crippen LogP contribution in [0.3, 0.4) is 0 Å². The molecule has 4 atom stereocenters. The largest absolute Gasteiger partial charge is 0.314 e. The Morgan fingerprint density at radius 3 is 2.00 bits per heavy atom. The average molecular weight is 622 g/mol. The van der Waals surface area contributed by atoms with E-state index in [4.69, 9.17) is 0 Å². The molecule has 1 N–H and O–H groups in total. The zero-order chi connectivity index (χ0) is 31.6. The van der Waals surface area contributed by atoms with Crippen molar-refractivity contribution in [2.45, 2.75) is 76.5 Å². The van der Waals surface area contributed by atoms with Crippen LogP contribution in [0.25, 0.3) is 0 Å². The molecule has 0 bridgehead atoms. The van der Waals surface area contributed by atoms with Crippen LogP contribution in [0.1, 0.15) is 49.8 Å². The molecule has 3 saturated heterocycles. The van der Waals surface area contributed by atoms with Crippen molar-refractivity contribution in [2.75, 3.05) is 65.4 Å². The molecule has 0 aromatic heterocycles. The molecule has 3 fully saturated rings. The Labute approximate surface area is 280 Å². The molecular formula is C41H59N5. The maximum absolute atomic E-state index is 3.70. The summed E-state index contributed by atoms with van der Waals surface area (Å²) >= 11 is 0. The smallest absolute Gasteiger partial charge is 0.0264 e. The van der Waals surface area contributed by atoms with Gasteiger partial charge in [-0.2, -0.15) is 0 Å². The summed E-state index contributed by atoms with van der Waals surface area (Å²) in [6, 6.07) is 35.9. The molecule has 3 aromatic rings. The van der Waals surface area contributed by atoms with Gasteiger partial charge in [-0.3, -0.25) is 19.6 Å². The number of hydrogen-bond donors (Lipinski definition) is 1. The molecule has 0 spiro atoms. The summed E-state index contributed by atoms with van der Waals surface area (Å²) < 4.78 is 0. The fourth-order valence-corrected chi connectivity index (χ4v) is 8.44. The zero-order valence-electron chi connectivity index (χ0n) is 28.6. The summed E-state index contributed by atoms with van der Waals surface area (Å²) in [5.41, 5.74) is 4.39. The molecule has 0 radical (unpaired) electrons. The molecule has 5 nitrogen and oxygen atoms in total. The molecule has 0 amide bonds. The minimum atomic E-state index is 0.559. The van der Waals surface area contributed by atoms with Gasteiger partial charge in [-0.15, -0.1) is 0 Å². The van der Waals surface area contributed by atoms with Crippen molar-refractivity contribution in [3.8, 4) is 0 Å². The highest BCUT2D eigenvalue weighted by Gasteiger charge is 2.35. The van der Waals surface area contributed by atoms with Gasteiger partial charge in [0.05, 0.1) is 0 Å². The Kier molecular flexibility index (Phi) is 12.4. The number of rotatable bonds is 14. The predicted molar refractivity (Wildman–Crippen MR) is 193 cm³/mol. The normalized spacial score (nSPS) is 24.5. The second-order valence-electron chi connectivity index (χ2n) is 14.7. The van der Waals surface area contributed by atoms with Crippen molar-refractivity contribution >= 4 is 0 Å². The first-order valence-electron chi connectivity index (χ1n) is 18.4. The third-order valence-electron chi connectivity index (χ3n) is 10.9. The van der Waals surface area contributed by atoms with Gasteiger partial charge in [-0.25, -0.2) is 0 Å². The van der Waals surface area contributed by atoms with Crippen LogP contribution in [-0.2, 0) is 19.3 Å². The number of nitrogens with one attached hydrogen (secondary N) is 1. The van der Waals surface area contributed by atoms with Crippen LogP contribution in [-0.4, -0.2) is 109 Å². The summed E-state index contributed by atoms with van der Waals surface area (Å²) in [5, 5.41) is 3.70. The second-order valence-corrected chi connectivity index (χ2v) is 14.7. The maximum Gasteiger partial charge on any atom is 0.0264 e. The molecule has 3 heterocycles. The van der Waals surface area contributed by atoms with Crippen LogP contribution in [0.2, 0.25) is 0 Å². The van der Waals surface area contributed by atoms with E-state index in [2.05, 4.69) is 130 Å². The maximum atomic E-state index is 3.70. The second kappa shape index (κ2) is 17.0. The van der Waals surface area contributed by atoms with E-state index in [0.717, 1.165) is 38.9 Å². The third kappa shape index (κ3) is 9.51. The molecule has 3 aliphatic heterocycles. The van der Waals surface area contributed by atoms with Gasteiger partial charge >= 0.3 is 0 Å². The van der Waals surface area contributed by atoms with Crippen molar-refractivity contribution in [1.82, 2.24) is 24.9 Å². The van der Waals surface area contributed by atoms with Gasteiger partial charge in [0.15, 0.2) is 0 Å². The topological polar surface area (TPSA) is 25.0 Å². The summed E-state index contributed by atoms with van der Waals surface area (Å²) in [6.45, 7) is 16.6. The van der Waals surface area contributed by atoms with E-state index in [-0.39, 0.29) is 0 Å². The lowest BCUT2D eigenvalue weighted by Gasteiger charge is -2.46. The number of likely N-dealkylation sites (tertiary alicyclic amines) is 1. The van der Waals surface area contributed by atoms with Gasteiger partial charge < -0.3 is 5.32 Å². The van der Waals surface area contributed by atoms with Crippen molar-refractivity contribution < 1.29 is 0 Å². The number of nitrogens with zero attached hydrogens (tertiary/aromatic N) is 4. The minimum absolute atomic E-state index is 0.559. The van der Waals surface area contributed by atoms with Gasteiger partial charge in [-0.05, 0) is 67.7 Å². The Morgan fingerprint density at radius 2 is 1.33 bits per heavy atom. The highest BCUT2D eigenvalue weighted by Crippen LogP contribution is 2.26. The van der Waals surface area contributed by atoms with Crippen LogP contribution in [0.15, 0.2) is 91.0 Å². The van der Waals surface area contributed by atoms with E-state index in [1.54, 1.807) is 0 Å². The molecular weight excluding hydrogens is 562 g/mol. The molecule has 0 aliphatic carbocycles. The molecule has 248 valence electrons. The van der Waals surface area contributed by atoms with E-state index in [0.29, 0.717) is 30.1 Å². The molecule has 5 heteroatoms. The zero-order valence-corrected chi connectivity index (χ0v) is 28.6. The van der Waals surface area contributed by atoms with E-state index in [1.807, 2.05) is 0 Å². The lowest BCUT2D eigenvalue weighted by atomic mass is 9.96. The van der Waals surface area contributed by atoms with Crippen LogP contribution in [0.4, 0.5) is 0 Å². The quantitative estimate of drug-likeness (QED) is 0.244. The van der Waals surface area contributed by atoms with Crippen LogP contribution < -0.4 is 5.32 Å². The van der Waals surface area contributed by atoms with Gasteiger partial charge in [0.2, 0.25) is 0 Å².